The Hall–Kier alpha value is -1.56. The Bertz CT molecular complexity index is 337. The third kappa shape index (κ3) is 4.31. The maximum Gasteiger partial charge on any atom is 0.241 e. The van der Waals surface area contributed by atoms with Crippen molar-refractivity contribution in [3.63, 3.8) is 0 Å². The van der Waals surface area contributed by atoms with E-state index in [4.69, 9.17) is 10.8 Å². The van der Waals surface area contributed by atoms with Crippen LogP contribution in [-0.2, 0) is 11.3 Å². The van der Waals surface area contributed by atoms with Gasteiger partial charge in [0, 0.05) is 18.8 Å². The van der Waals surface area contributed by atoms with Crippen molar-refractivity contribution in [2.24, 2.45) is 0 Å². The largest absolute Gasteiger partial charge is 0.396 e. The number of hydrogen-bond acceptors (Lipinski definition) is 4. The number of aromatic nitrogens is 2. The number of nitrogens with zero attached hydrogens (tertiary/aromatic N) is 2. The molecule has 0 aromatic carbocycles. The van der Waals surface area contributed by atoms with Gasteiger partial charge in [0.1, 0.15) is 12.4 Å². The van der Waals surface area contributed by atoms with Gasteiger partial charge in [-0.15, -0.1) is 0 Å². The number of carbonyl (C=O) groups excluding carboxylic acids is 1. The molecule has 0 bridgehead atoms. The van der Waals surface area contributed by atoms with Gasteiger partial charge in [-0.05, 0) is 25.8 Å². The molecule has 1 heterocycles. The summed E-state index contributed by atoms with van der Waals surface area (Å²) in [6, 6.07) is 1.70. The third-order valence-corrected chi connectivity index (χ3v) is 2.17. The molecule has 0 aliphatic carbocycles. The molecule has 1 aromatic heterocycles. The Morgan fingerprint density at radius 1 is 1.75 bits per heavy atom. The summed E-state index contributed by atoms with van der Waals surface area (Å²) in [6.45, 7) is 2.22. The standard InChI is InChI=1S/C10H18N4O2/c1-8(3-2-6-15)12-10(16)7-14-5-4-9(11)13-14/h4-5,8,15H,2-3,6-7H2,1H3,(H2,11,13)(H,12,16). The van der Waals surface area contributed by atoms with Crippen LogP contribution < -0.4 is 11.1 Å². The second-order valence-electron chi connectivity index (χ2n) is 3.77. The van der Waals surface area contributed by atoms with Gasteiger partial charge in [-0.2, -0.15) is 5.10 Å². The van der Waals surface area contributed by atoms with E-state index < -0.39 is 0 Å². The van der Waals surface area contributed by atoms with Crippen LogP contribution in [0.2, 0.25) is 0 Å². The van der Waals surface area contributed by atoms with Crippen LogP contribution in [-0.4, -0.2) is 33.4 Å². The van der Waals surface area contributed by atoms with E-state index in [1.165, 1.54) is 4.68 Å². The van der Waals surface area contributed by atoms with E-state index in [0.29, 0.717) is 12.2 Å². The van der Waals surface area contributed by atoms with Crippen LogP contribution in [0, 0.1) is 0 Å². The molecule has 6 nitrogen and oxygen atoms in total. The molecule has 0 saturated carbocycles. The van der Waals surface area contributed by atoms with Crippen LogP contribution >= 0.6 is 0 Å². The lowest BCUT2D eigenvalue weighted by atomic mass is 10.2. The molecule has 1 amide bonds. The number of aliphatic hydroxyl groups excluding tert-OH is 1. The molecule has 4 N–H and O–H groups in total. The summed E-state index contributed by atoms with van der Waals surface area (Å²) in [5.41, 5.74) is 5.43. The van der Waals surface area contributed by atoms with Crippen molar-refractivity contribution in [2.75, 3.05) is 12.3 Å². The van der Waals surface area contributed by atoms with Crippen molar-refractivity contribution in [1.29, 1.82) is 0 Å². The summed E-state index contributed by atoms with van der Waals surface area (Å²) in [6.07, 6.45) is 3.12. The van der Waals surface area contributed by atoms with E-state index in [2.05, 4.69) is 10.4 Å². The minimum absolute atomic E-state index is 0.0626. The van der Waals surface area contributed by atoms with Gasteiger partial charge in [0.25, 0.3) is 0 Å². The van der Waals surface area contributed by atoms with Crippen LogP contribution in [0.15, 0.2) is 12.3 Å². The van der Waals surface area contributed by atoms with Gasteiger partial charge in [0.05, 0.1) is 0 Å². The van der Waals surface area contributed by atoms with Crippen molar-refractivity contribution in [2.45, 2.75) is 32.4 Å². The second-order valence-corrected chi connectivity index (χ2v) is 3.77. The van der Waals surface area contributed by atoms with E-state index in [0.717, 1.165) is 6.42 Å². The number of rotatable bonds is 6. The molecule has 0 aliphatic heterocycles. The van der Waals surface area contributed by atoms with Gasteiger partial charge in [0.2, 0.25) is 5.91 Å². The van der Waals surface area contributed by atoms with Crippen LogP contribution in [0.4, 0.5) is 5.82 Å². The number of amides is 1. The number of nitrogens with two attached hydrogens (primary N) is 1. The highest BCUT2D eigenvalue weighted by Gasteiger charge is 2.08. The minimum atomic E-state index is -0.103. The summed E-state index contributed by atoms with van der Waals surface area (Å²) < 4.78 is 1.49. The fourth-order valence-corrected chi connectivity index (χ4v) is 1.40. The molecule has 1 unspecified atom stereocenters. The van der Waals surface area contributed by atoms with Gasteiger partial charge < -0.3 is 16.2 Å². The van der Waals surface area contributed by atoms with Crippen molar-refractivity contribution < 1.29 is 9.90 Å². The van der Waals surface area contributed by atoms with E-state index in [1.54, 1.807) is 12.3 Å². The average molecular weight is 226 g/mol. The second kappa shape index (κ2) is 6.12. The number of aliphatic hydroxyl groups is 1. The van der Waals surface area contributed by atoms with Gasteiger partial charge in [-0.3, -0.25) is 9.48 Å². The van der Waals surface area contributed by atoms with E-state index in [9.17, 15) is 4.79 Å². The zero-order valence-corrected chi connectivity index (χ0v) is 9.39. The molecule has 0 spiro atoms. The quantitative estimate of drug-likeness (QED) is 0.623. The van der Waals surface area contributed by atoms with E-state index in [1.807, 2.05) is 6.92 Å². The fourth-order valence-electron chi connectivity index (χ4n) is 1.40. The Labute approximate surface area is 94.4 Å². The van der Waals surface area contributed by atoms with Crippen LogP contribution in [0.25, 0.3) is 0 Å². The summed E-state index contributed by atoms with van der Waals surface area (Å²) in [5, 5.41) is 15.4. The number of anilines is 1. The zero-order chi connectivity index (χ0) is 12.0. The molecule has 1 atom stereocenters. The molecule has 0 aliphatic rings. The lowest BCUT2D eigenvalue weighted by Gasteiger charge is -2.12. The van der Waals surface area contributed by atoms with Crippen LogP contribution in [0.5, 0.6) is 0 Å². The molecule has 0 radical (unpaired) electrons. The molecular formula is C10H18N4O2. The first-order valence-electron chi connectivity index (χ1n) is 5.31. The molecule has 0 fully saturated rings. The maximum absolute atomic E-state index is 11.5. The van der Waals surface area contributed by atoms with Gasteiger partial charge in [-0.1, -0.05) is 0 Å². The SMILES string of the molecule is CC(CCCO)NC(=O)Cn1ccc(N)n1. The van der Waals surface area contributed by atoms with Crippen LogP contribution in [0.1, 0.15) is 19.8 Å². The van der Waals surface area contributed by atoms with Crippen molar-refractivity contribution in [1.82, 2.24) is 15.1 Å². The molecular weight excluding hydrogens is 208 g/mol. The Balaban J connectivity index is 2.30. The smallest absolute Gasteiger partial charge is 0.241 e. The fraction of sp³-hybridized carbons (Fsp3) is 0.600. The van der Waals surface area contributed by atoms with Crippen molar-refractivity contribution >= 4 is 11.7 Å². The zero-order valence-electron chi connectivity index (χ0n) is 9.39. The average Bonchev–Trinajstić information content (AvgIpc) is 2.60. The highest BCUT2D eigenvalue weighted by atomic mass is 16.3. The predicted molar refractivity (Wildman–Crippen MR) is 60.6 cm³/mol. The predicted octanol–water partition coefficient (Wildman–Crippen LogP) is -0.257. The number of hydrogen-bond donors (Lipinski definition) is 3. The number of carbonyl (C=O) groups is 1. The summed E-state index contributed by atoms with van der Waals surface area (Å²) >= 11 is 0. The van der Waals surface area contributed by atoms with Crippen LogP contribution in [0.3, 0.4) is 0 Å². The molecule has 0 saturated heterocycles. The topological polar surface area (TPSA) is 93.2 Å². The van der Waals surface area contributed by atoms with Gasteiger partial charge in [-0.25, -0.2) is 0 Å². The monoisotopic (exact) mass is 226 g/mol. The highest BCUT2D eigenvalue weighted by molar-refractivity contribution is 5.75. The normalized spacial score (nSPS) is 12.4. The Morgan fingerprint density at radius 2 is 2.50 bits per heavy atom. The summed E-state index contributed by atoms with van der Waals surface area (Å²) in [5.74, 6) is 0.301. The number of nitrogens with one attached hydrogen (secondary N) is 1. The number of nitrogen functional groups attached to an aromatic ring is 1. The summed E-state index contributed by atoms with van der Waals surface area (Å²) in [7, 11) is 0. The Kier molecular flexibility index (Phi) is 4.78. The molecule has 1 aromatic rings. The van der Waals surface area contributed by atoms with Crippen molar-refractivity contribution in [3.05, 3.63) is 12.3 Å². The molecule has 16 heavy (non-hydrogen) atoms. The first-order valence-corrected chi connectivity index (χ1v) is 5.31. The van der Waals surface area contributed by atoms with Gasteiger partial charge in [0.15, 0.2) is 0 Å². The Morgan fingerprint density at radius 3 is 3.06 bits per heavy atom. The first kappa shape index (κ1) is 12.5. The molecule has 1 rings (SSSR count). The van der Waals surface area contributed by atoms with Gasteiger partial charge >= 0.3 is 0 Å². The summed E-state index contributed by atoms with van der Waals surface area (Å²) in [4.78, 5) is 11.5. The molecule has 90 valence electrons. The third-order valence-electron chi connectivity index (χ3n) is 2.17. The lowest BCUT2D eigenvalue weighted by Crippen LogP contribution is -2.35. The molecule has 6 heteroatoms. The highest BCUT2D eigenvalue weighted by Crippen LogP contribution is 1.97. The first-order chi connectivity index (χ1) is 7.61. The van der Waals surface area contributed by atoms with E-state index >= 15 is 0 Å². The van der Waals surface area contributed by atoms with E-state index in [-0.39, 0.29) is 25.1 Å². The van der Waals surface area contributed by atoms with Crippen molar-refractivity contribution in [3.8, 4) is 0 Å². The maximum atomic E-state index is 11.5. The lowest BCUT2D eigenvalue weighted by molar-refractivity contribution is -0.122. The minimum Gasteiger partial charge on any atom is -0.396 e.